The molecule has 0 aromatic heterocycles. The molecule has 0 fully saturated rings. The van der Waals surface area contributed by atoms with Crippen LogP contribution in [0.3, 0.4) is 0 Å². The van der Waals surface area contributed by atoms with E-state index in [4.69, 9.17) is 10.2 Å². The summed E-state index contributed by atoms with van der Waals surface area (Å²) in [7, 11) is 0. The Bertz CT molecular complexity index is 111. The molecule has 0 bridgehead atoms. The van der Waals surface area contributed by atoms with Gasteiger partial charge in [0.05, 0.1) is 0 Å². The van der Waals surface area contributed by atoms with Gasteiger partial charge in [-0.15, -0.1) is 0 Å². The normalized spacial score (nSPS) is 10.3. The molecule has 0 aromatic rings. The molecule has 9 heavy (non-hydrogen) atoms. The van der Waals surface area contributed by atoms with Crippen molar-refractivity contribution in [1.82, 2.24) is 0 Å². The number of rotatable bonds is 3. The molecule has 0 radical (unpaired) electrons. The number of aliphatic hydroxyl groups excluding tert-OH is 1. The quantitative estimate of drug-likeness (QED) is 0.433. The van der Waals surface area contributed by atoms with Crippen molar-refractivity contribution in [2.24, 2.45) is 4.99 Å². The lowest BCUT2D eigenvalue weighted by Crippen LogP contribution is -1.88. The van der Waals surface area contributed by atoms with E-state index in [9.17, 15) is 4.79 Å². The van der Waals surface area contributed by atoms with Crippen LogP contribution in [-0.2, 0) is 0 Å². The van der Waals surface area contributed by atoms with Crippen molar-refractivity contribution in [3.63, 3.8) is 0 Å². The molecule has 0 aliphatic rings. The third-order valence-corrected chi connectivity index (χ3v) is 0.693. The summed E-state index contributed by atoms with van der Waals surface area (Å²) < 4.78 is 0. The van der Waals surface area contributed by atoms with Gasteiger partial charge in [-0.05, 0) is 12.8 Å². The van der Waals surface area contributed by atoms with Gasteiger partial charge < -0.3 is 10.2 Å². The van der Waals surface area contributed by atoms with Gasteiger partial charge in [0.25, 0.3) is 0 Å². The number of hydrogen-bond acceptors (Lipinski definition) is 2. The first kappa shape index (κ1) is 8.10. The lowest BCUT2D eigenvalue weighted by Gasteiger charge is -1.84. The summed E-state index contributed by atoms with van der Waals surface area (Å²) in [6.45, 7) is 0.0750. The maximum atomic E-state index is 9.70. The fraction of sp³-hybridized carbons (Fsp3) is 0.600. The Hall–Kier alpha value is -0.900. The van der Waals surface area contributed by atoms with E-state index < -0.39 is 6.09 Å². The second-order valence-electron chi connectivity index (χ2n) is 1.46. The molecule has 0 unspecified atom stereocenters. The molecule has 2 N–H and O–H groups in total. The number of hydrogen-bond donors (Lipinski definition) is 2. The molecule has 0 aromatic carbocycles. The van der Waals surface area contributed by atoms with Crippen LogP contribution in [0, 0.1) is 0 Å². The predicted molar refractivity (Wildman–Crippen MR) is 32.8 cm³/mol. The van der Waals surface area contributed by atoms with Crippen LogP contribution in [-0.4, -0.2) is 29.1 Å². The zero-order valence-electron chi connectivity index (χ0n) is 4.95. The third kappa shape index (κ3) is 7.10. The standard InChI is InChI=1S/C5H9NO3/c7-4-2-1-3-6-5(8)9/h3,7H,1-2,4H2,(H,8,9). The van der Waals surface area contributed by atoms with Crippen LogP contribution in [0.15, 0.2) is 4.99 Å². The third-order valence-electron chi connectivity index (χ3n) is 0.693. The molecule has 4 heteroatoms. The Kier molecular flexibility index (Phi) is 4.72. The highest BCUT2D eigenvalue weighted by molar-refractivity contribution is 5.77. The van der Waals surface area contributed by atoms with E-state index in [-0.39, 0.29) is 6.61 Å². The highest BCUT2D eigenvalue weighted by atomic mass is 16.4. The van der Waals surface area contributed by atoms with Crippen LogP contribution in [0.1, 0.15) is 12.8 Å². The Morgan fingerprint density at radius 2 is 2.33 bits per heavy atom. The number of carbonyl (C=O) groups is 1. The molecule has 0 spiro atoms. The van der Waals surface area contributed by atoms with Gasteiger partial charge in [0, 0.05) is 12.8 Å². The van der Waals surface area contributed by atoms with Gasteiger partial charge in [0.1, 0.15) is 0 Å². The van der Waals surface area contributed by atoms with Crippen molar-refractivity contribution in [2.75, 3.05) is 6.61 Å². The number of aliphatic hydroxyl groups is 1. The molecule has 1 amide bonds. The summed E-state index contributed by atoms with van der Waals surface area (Å²) in [6, 6.07) is 0. The van der Waals surface area contributed by atoms with Crippen LogP contribution < -0.4 is 0 Å². The topological polar surface area (TPSA) is 69.9 Å². The molecule has 52 valence electrons. The van der Waals surface area contributed by atoms with Crippen molar-refractivity contribution in [3.05, 3.63) is 0 Å². The van der Waals surface area contributed by atoms with Crippen LogP contribution in [0.25, 0.3) is 0 Å². The zero-order chi connectivity index (χ0) is 7.11. The number of nitrogens with zero attached hydrogens (tertiary/aromatic N) is 1. The maximum absolute atomic E-state index is 9.70. The van der Waals surface area contributed by atoms with Gasteiger partial charge in [-0.2, -0.15) is 4.99 Å². The van der Waals surface area contributed by atoms with Gasteiger partial charge in [-0.1, -0.05) is 0 Å². The lowest BCUT2D eigenvalue weighted by molar-refractivity contribution is 0.206. The van der Waals surface area contributed by atoms with E-state index in [1.54, 1.807) is 0 Å². The summed E-state index contributed by atoms with van der Waals surface area (Å²) in [5, 5.41) is 16.2. The van der Waals surface area contributed by atoms with Crippen LogP contribution >= 0.6 is 0 Å². The van der Waals surface area contributed by atoms with Gasteiger partial charge >= 0.3 is 6.09 Å². The summed E-state index contributed by atoms with van der Waals surface area (Å²) >= 11 is 0. The summed E-state index contributed by atoms with van der Waals surface area (Å²) in [5.41, 5.74) is 0. The first-order valence-corrected chi connectivity index (χ1v) is 2.63. The maximum Gasteiger partial charge on any atom is 0.430 e. The predicted octanol–water partition coefficient (Wildman–Crippen LogP) is 0.508. The zero-order valence-corrected chi connectivity index (χ0v) is 4.95. The minimum Gasteiger partial charge on any atom is -0.463 e. The lowest BCUT2D eigenvalue weighted by atomic mass is 10.3. The van der Waals surface area contributed by atoms with E-state index >= 15 is 0 Å². The van der Waals surface area contributed by atoms with Gasteiger partial charge in [-0.3, -0.25) is 0 Å². The summed E-state index contributed by atoms with van der Waals surface area (Å²) in [4.78, 5) is 12.7. The van der Waals surface area contributed by atoms with Crippen molar-refractivity contribution >= 4 is 12.3 Å². The average Bonchev–Trinajstić information content (AvgIpc) is 1.80. The van der Waals surface area contributed by atoms with Crippen molar-refractivity contribution in [1.29, 1.82) is 0 Å². The van der Waals surface area contributed by atoms with Crippen LogP contribution in [0.5, 0.6) is 0 Å². The minimum atomic E-state index is -1.19. The Morgan fingerprint density at radius 1 is 1.67 bits per heavy atom. The number of aliphatic imine (C=N–C) groups is 1. The van der Waals surface area contributed by atoms with Crippen molar-refractivity contribution < 1.29 is 15.0 Å². The molecule has 0 aliphatic heterocycles. The average molecular weight is 131 g/mol. The highest BCUT2D eigenvalue weighted by Gasteiger charge is 1.84. The SMILES string of the molecule is O=C(O)N=CCCCO. The fourth-order valence-corrected chi connectivity index (χ4v) is 0.325. The van der Waals surface area contributed by atoms with E-state index in [0.717, 1.165) is 0 Å². The number of amides is 1. The van der Waals surface area contributed by atoms with Crippen LogP contribution in [0.2, 0.25) is 0 Å². The van der Waals surface area contributed by atoms with E-state index in [1.807, 2.05) is 0 Å². The largest absolute Gasteiger partial charge is 0.463 e. The summed E-state index contributed by atoms with van der Waals surface area (Å²) in [6.07, 6.45) is 1.17. The molecular weight excluding hydrogens is 122 g/mol. The second-order valence-corrected chi connectivity index (χ2v) is 1.46. The van der Waals surface area contributed by atoms with Crippen LogP contribution in [0.4, 0.5) is 4.79 Å². The molecule has 0 heterocycles. The highest BCUT2D eigenvalue weighted by Crippen LogP contribution is 1.81. The Balaban J connectivity index is 3.15. The smallest absolute Gasteiger partial charge is 0.430 e. The Labute approximate surface area is 52.8 Å². The van der Waals surface area contributed by atoms with E-state index in [0.29, 0.717) is 12.8 Å². The molecule has 0 saturated carbocycles. The van der Waals surface area contributed by atoms with E-state index in [2.05, 4.69) is 4.99 Å². The molecule has 4 nitrogen and oxygen atoms in total. The molecular formula is C5H9NO3. The molecule has 0 atom stereocenters. The first-order valence-electron chi connectivity index (χ1n) is 2.63. The molecule has 0 rings (SSSR count). The van der Waals surface area contributed by atoms with Gasteiger partial charge in [0.15, 0.2) is 0 Å². The number of unbranched alkanes of at least 4 members (excludes halogenated alkanes) is 1. The fourth-order valence-electron chi connectivity index (χ4n) is 0.325. The van der Waals surface area contributed by atoms with Crippen molar-refractivity contribution in [3.8, 4) is 0 Å². The summed E-state index contributed by atoms with van der Waals surface area (Å²) in [5.74, 6) is 0. The second kappa shape index (κ2) is 5.24. The Morgan fingerprint density at radius 3 is 2.78 bits per heavy atom. The van der Waals surface area contributed by atoms with Gasteiger partial charge in [0.2, 0.25) is 0 Å². The first-order chi connectivity index (χ1) is 4.27. The number of carboxylic acid groups (broad SMARTS) is 1. The van der Waals surface area contributed by atoms with Gasteiger partial charge in [-0.25, -0.2) is 4.79 Å². The minimum absolute atomic E-state index is 0.0750. The van der Waals surface area contributed by atoms with Crippen molar-refractivity contribution in [2.45, 2.75) is 12.8 Å². The monoisotopic (exact) mass is 131 g/mol. The molecule has 0 saturated heterocycles. The van der Waals surface area contributed by atoms with E-state index in [1.165, 1.54) is 6.21 Å². The molecule has 0 aliphatic carbocycles.